The number of imide groups is 1. The number of carbonyl (C=O) groups is 2. The van der Waals surface area contributed by atoms with Gasteiger partial charge in [-0.25, -0.2) is 4.79 Å². The summed E-state index contributed by atoms with van der Waals surface area (Å²) >= 11 is 0. The van der Waals surface area contributed by atoms with Gasteiger partial charge in [0.25, 0.3) is 0 Å². The van der Waals surface area contributed by atoms with Gasteiger partial charge in [-0.1, -0.05) is 0 Å². The molecule has 0 aromatic heterocycles. The highest BCUT2D eigenvalue weighted by molar-refractivity contribution is 6.03. The molecule has 3 amide bonds. The van der Waals surface area contributed by atoms with E-state index in [1.54, 1.807) is 6.92 Å². The molecule has 0 spiro atoms. The molecule has 1 aliphatic heterocycles. The van der Waals surface area contributed by atoms with Gasteiger partial charge in [0.2, 0.25) is 0 Å². The molecule has 52 valence electrons. The highest BCUT2D eigenvalue weighted by Gasteiger charge is 2.25. The lowest BCUT2D eigenvalue weighted by molar-refractivity contribution is -0.343. The second-order valence-electron chi connectivity index (χ2n) is 2.04. The predicted molar refractivity (Wildman–Crippen MR) is 34.7 cm³/mol. The molecule has 0 aromatic rings. The van der Waals surface area contributed by atoms with Crippen LogP contribution in [0.2, 0.25) is 0 Å². The Bertz CT molecular complexity index is 252. The molecule has 0 atom stereocenters. The Kier molecular flexibility index (Phi) is 1.37. The van der Waals surface area contributed by atoms with E-state index < -0.39 is 6.03 Å². The summed E-state index contributed by atoms with van der Waals surface area (Å²) in [6.45, 7) is 4.97. The van der Waals surface area contributed by atoms with Crippen LogP contribution < -0.4 is 5.32 Å². The molecule has 0 bridgehead atoms. The van der Waals surface area contributed by atoms with E-state index in [0.29, 0.717) is 5.57 Å². The molecule has 4 nitrogen and oxygen atoms in total. The third kappa shape index (κ3) is 0.953. The molecule has 0 saturated carbocycles. The minimum Gasteiger partial charge on any atom is -0.241 e. The Labute approximate surface area is 57.8 Å². The Morgan fingerprint density at radius 2 is 2.20 bits per heavy atom. The van der Waals surface area contributed by atoms with E-state index in [1.807, 2.05) is 0 Å². The topological polar surface area (TPSA) is 49.2 Å². The van der Waals surface area contributed by atoms with E-state index in [1.165, 1.54) is 6.20 Å². The molecule has 1 N–H and O–H groups in total. The zero-order chi connectivity index (χ0) is 7.72. The maximum absolute atomic E-state index is 10.7. The highest BCUT2D eigenvalue weighted by atomic mass is 16.2. The minimum atomic E-state index is -0.490. The second kappa shape index (κ2) is 2.06. The number of rotatable bonds is 0. The summed E-state index contributed by atoms with van der Waals surface area (Å²) in [5.41, 5.74) is 0.481. The van der Waals surface area contributed by atoms with E-state index in [9.17, 15) is 9.59 Å². The van der Waals surface area contributed by atoms with Crippen molar-refractivity contribution in [3.05, 3.63) is 11.8 Å². The molecule has 0 aliphatic carbocycles. The van der Waals surface area contributed by atoms with Crippen molar-refractivity contribution in [1.29, 1.82) is 0 Å². The number of hydrogen-bond donors (Lipinski definition) is 1. The first-order valence-electron chi connectivity index (χ1n) is 2.74. The molecular formula is C6H7N2O2+. The van der Waals surface area contributed by atoms with Crippen LogP contribution in [0.5, 0.6) is 0 Å². The van der Waals surface area contributed by atoms with Crippen LogP contribution in [0.4, 0.5) is 4.79 Å². The fourth-order valence-corrected chi connectivity index (χ4v) is 0.619. The van der Waals surface area contributed by atoms with E-state index in [0.717, 1.165) is 4.58 Å². The van der Waals surface area contributed by atoms with Crippen molar-refractivity contribution in [3.63, 3.8) is 0 Å². The molecule has 4 heteroatoms. The number of nitrogens with one attached hydrogen (secondary N) is 1. The van der Waals surface area contributed by atoms with Crippen molar-refractivity contribution in [3.8, 4) is 0 Å². The number of hydrogen-bond acceptors (Lipinski definition) is 2. The standard InChI is InChI=1S/C6H6N2O2/c1-4-3-8(2)6(10)7-5(4)9/h3H,2H2,1H3/p+1. The van der Waals surface area contributed by atoms with E-state index >= 15 is 0 Å². The molecule has 1 aliphatic rings. The lowest BCUT2D eigenvalue weighted by atomic mass is 10.3. The molecule has 0 unspecified atom stereocenters. The Morgan fingerprint density at radius 3 is 2.70 bits per heavy atom. The van der Waals surface area contributed by atoms with E-state index in [2.05, 4.69) is 12.0 Å². The first kappa shape index (κ1) is 6.67. The van der Waals surface area contributed by atoms with Crippen molar-refractivity contribution in [2.75, 3.05) is 0 Å². The van der Waals surface area contributed by atoms with Crippen molar-refractivity contribution in [1.82, 2.24) is 5.32 Å². The van der Waals surface area contributed by atoms with Crippen LogP contribution in [-0.2, 0) is 4.79 Å². The average molecular weight is 139 g/mol. The van der Waals surface area contributed by atoms with Crippen LogP contribution in [0, 0.1) is 0 Å². The Balaban J connectivity index is 3.01. The molecule has 0 saturated heterocycles. The number of urea groups is 1. The van der Waals surface area contributed by atoms with Gasteiger partial charge in [0.05, 0.1) is 12.3 Å². The van der Waals surface area contributed by atoms with Gasteiger partial charge in [-0.3, -0.25) is 0 Å². The van der Waals surface area contributed by atoms with Gasteiger partial charge < -0.3 is 0 Å². The smallest absolute Gasteiger partial charge is 0.241 e. The Morgan fingerprint density at radius 1 is 1.60 bits per heavy atom. The number of amides is 3. The van der Waals surface area contributed by atoms with E-state index in [4.69, 9.17) is 0 Å². The molecule has 0 fully saturated rings. The normalized spacial score (nSPS) is 18.5. The summed E-state index contributed by atoms with van der Waals surface area (Å²) in [7, 11) is 0. The van der Waals surface area contributed by atoms with Gasteiger partial charge in [0.15, 0.2) is 0 Å². The molecule has 0 aromatic carbocycles. The first-order valence-corrected chi connectivity index (χ1v) is 2.74. The number of carbonyl (C=O) groups excluding carboxylic acids is 2. The molecule has 10 heavy (non-hydrogen) atoms. The third-order valence-electron chi connectivity index (χ3n) is 1.19. The average Bonchev–Trinajstić information content (AvgIpc) is 1.84. The fourth-order valence-electron chi connectivity index (χ4n) is 0.619. The van der Waals surface area contributed by atoms with Gasteiger partial charge in [-0.2, -0.15) is 14.7 Å². The second-order valence-corrected chi connectivity index (χ2v) is 2.04. The molecular weight excluding hydrogens is 132 g/mol. The van der Waals surface area contributed by atoms with Crippen molar-refractivity contribution in [2.24, 2.45) is 0 Å². The Hall–Kier alpha value is -1.45. The first-order chi connectivity index (χ1) is 4.61. The van der Waals surface area contributed by atoms with Crippen LogP contribution in [0.25, 0.3) is 0 Å². The van der Waals surface area contributed by atoms with Crippen LogP contribution in [0.15, 0.2) is 11.8 Å². The zero-order valence-electron chi connectivity index (χ0n) is 5.55. The molecule has 1 rings (SSSR count). The lowest BCUT2D eigenvalue weighted by Gasteiger charge is -2.02. The molecule has 1 heterocycles. The fraction of sp³-hybridized carbons (Fsp3) is 0.167. The van der Waals surface area contributed by atoms with Gasteiger partial charge in [0, 0.05) is 0 Å². The van der Waals surface area contributed by atoms with Gasteiger partial charge in [-0.15, -0.1) is 0 Å². The van der Waals surface area contributed by atoms with Crippen LogP contribution in [-0.4, -0.2) is 23.2 Å². The van der Waals surface area contributed by atoms with Crippen molar-refractivity contribution in [2.45, 2.75) is 6.92 Å². The van der Waals surface area contributed by atoms with Crippen LogP contribution >= 0.6 is 0 Å². The lowest BCUT2D eigenvalue weighted by Crippen LogP contribution is -2.39. The summed E-state index contributed by atoms with van der Waals surface area (Å²) in [5, 5.41) is 2.10. The number of nitrogens with zero attached hydrogens (tertiary/aromatic N) is 1. The van der Waals surface area contributed by atoms with Crippen molar-refractivity contribution < 1.29 is 14.2 Å². The monoisotopic (exact) mass is 139 g/mol. The summed E-state index contributed by atoms with van der Waals surface area (Å²) in [4.78, 5) is 21.3. The molecule has 0 radical (unpaired) electrons. The minimum absolute atomic E-state index is 0.357. The van der Waals surface area contributed by atoms with Gasteiger partial charge >= 0.3 is 11.9 Å². The predicted octanol–water partition coefficient (Wildman–Crippen LogP) is -0.147. The van der Waals surface area contributed by atoms with Crippen LogP contribution in [0.3, 0.4) is 0 Å². The summed E-state index contributed by atoms with van der Waals surface area (Å²) in [6.07, 6.45) is 1.39. The summed E-state index contributed by atoms with van der Waals surface area (Å²) in [6, 6.07) is -0.490. The summed E-state index contributed by atoms with van der Waals surface area (Å²) < 4.78 is 1.08. The quantitative estimate of drug-likeness (QED) is 0.474. The summed E-state index contributed by atoms with van der Waals surface area (Å²) in [5.74, 6) is -0.357. The largest absolute Gasteiger partial charge is 0.502 e. The SMILES string of the molecule is C=[N+]1C=C(C)C(=O)NC1=O. The third-order valence-corrected chi connectivity index (χ3v) is 1.19. The van der Waals surface area contributed by atoms with Crippen LogP contribution in [0.1, 0.15) is 6.92 Å². The van der Waals surface area contributed by atoms with Gasteiger partial charge in [0.1, 0.15) is 6.20 Å². The maximum atomic E-state index is 10.7. The van der Waals surface area contributed by atoms with Gasteiger partial charge in [-0.05, 0) is 6.92 Å². The van der Waals surface area contributed by atoms with Crippen molar-refractivity contribution >= 4 is 18.7 Å². The highest BCUT2D eigenvalue weighted by Crippen LogP contribution is 1.98. The zero-order valence-corrected chi connectivity index (χ0v) is 5.55. The van der Waals surface area contributed by atoms with E-state index in [-0.39, 0.29) is 5.91 Å². The maximum Gasteiger partial charge on any atom is 0.502 e.